The fourth-order valence-electron chi connectivity index (χ4n) is 1.68. The smallest absolute Gasteiger partial charge is 0.275 e. The fraction of sp³-hybridized carbons (Fsp3) is 0.286. The minimum Gasteiger partial charge on any atom is -0.478 e. The molecule has 0 spiro atoms. The molecule has 0 aliphatic carbocycles. The molecule has 0 amide bonds. The van der Waals surface area contributed by atoms with Crippen LogP contribution < -0.4 is 4.74 Å². The fourth-order valence-corrected chi connectivity index (χ4v) is 1.68. The summed E-state index contributed by atoms with van der Waals surface area (Å²) >= 11 is 0. The van der Waals surface area contributed by atoms with Crippen LogP contribution in [-0.4, -0.2) is 21.1 Å². The van der Waals surface area contributed by atoms with Gasteiger partial charge >= 0.3 is 0 Å². The first-order valence-electron chi connectivity index (χ1n) is 5.78. The van der Waals surface area contributed by atoms with E-state index in [0.717, 1.165) is 11.3 Å². The molecular weight excluding hydrogens is 228 g/mol. The first-order valence-corrected chi connectivity index (χ1v) is 5.78. The third kappa shape index (κ3) is 2.42. The van der Waals surface area contributed by atoms with Crippen LogP contribution in [0.15, 0.2) is 43.0 Å². The van der Waals surface area contributed by atoms with Gasteiger partial charge in [0.15, 0.2) is 5.60 Å². The summed E-state index contributed by atoms with van der Waals surface area (Å²) in [4.78, 5) is 16.1. The number of para-hydroxylation sites is 1. The van der Waals surface area contributed by atoms with Gasteiger partial charge in [-0.25, -0.2) is 4.98 Å². The Hall–Kier alpha value is -2.10. The van der Waals surface area contributed by atoms with Crippen molar-refractivity contribution in [2.75, 3.05) is 0 Å². The number of imidazole rings is 1. The maximum atomic E-state index is 12.2. The molecule has 0 saturated heterocycles. The molecular formula is C14H16N2O2. The quantitative estimate of drug-likeness (QED) is 0.833. The second kappa shape index (κ2) is 4.64. The van der Waals surface area contributed by atoms with Gasteiger partial charge in [0.05, 0.1) is 0 Å². The molecule has 0 atom stereocenters. The zero-order valence-corrected chi connectivity index (χ0v) is 10.8. The Morgan fingerprint density at radius 1 is 1.33 bits per heavy atom. The van der Waals surface area contributed by atoms with Crippen molar-refractivity contribution in [2.45, 2.75) is 26.4 Å². The Labute approximate surface area is 106 Å². The van der Waals surface area contributed by atoms with E-state index in [4.69, 9.17) is 4.74 Å². The van der Waals surface area contributed by atoms with Crippen LogP contribution in [0.2, 0.25) is 0 Å². The van der Waals surface area contributed by atoms with Crippen LogP contribution in [0.1, 0.15) is 24.2 Å². The van der Waals surface area contributed by atoms with Gasteiger partial charge in [-0.3, -0.25) is 9.36 Å². The van der Waals surface area contributed by atoms with Gasteiger partial charge in [0.2, 0.25) is 0 Å². The molecule has 0 saturated carbocycles. The summed E-state index contributed by atoms with van der Waals surface area (Å²) in [5, 5.41) is 0. The Morgan fingerprint density at radius 3 is 2.67 bits per heavy atom. The lowest BCUT2D eigenvalue weighted by atomic mass is 10.1. The largest absolute Gasteiger partial charge is 0.478 e. The predicted octanol–water partition coefficient (Wildman–Crippen LogP) is 2.69. The molecule has 0 radical (unpaired) electrons. The minimum atomic E-state index is -0.938. The topological polar surface area (TPSA) is 44.1 Å². The van der Waals surface area contributed by atoms with Crippen LogP contribution in [-0.2, 0) is 0 Å². The first-order chi connectivity index (χ1) is 8.50. The number of ether oxygens (including phenoxy) is 1. The van der Waals surface area contributed by atoms with Crippen LogP contribution in [0, 0.1) is 6.92 Å². The van der Waals surface area contributed by atoms with Gasteiger partial charge in [-0.05, 0) is 32.4 Å². The summed E-state index contributed by atoms with van der Waals surface area (Å²) in [5.74, 6) is 0.569. The number of nitrogens with zero attached hydrogens (tertiary/aromatic N) is 2. The lowest BCUT2D eigenvalue weighted by Gasteiger charge is -2.25. The Kier molecular flexibility index (Phi) is 3.19. The standard InChI is InChI=1S/C14H16N2O2/c1-11-6-4-5-7-12(11)18-14(2,3)13(17)16-9-8-15-10-16/h4-10H,1-3H3. The minimum absolute atomic E-state index is 0.150. The highest BCUT2D eigenvalue weighted by molar-refractivity contribution is 5.86. The number of carbonyl (C=O) groups excluding carboxylic acids is 1. The van der Waals surface area contributed by atoms with Gasteiger partial charge in [-0.2, -0.15) is 0 Å². The first kappa shape index (κ1) is 12.4. The number of hydrogen-bond donors (Lipinski definition) is 0. The van der Waals surface area contributed by atoms with Crippen LogP contribution in [0.25, 0.3) is 0 Å². The van der Waals surface area contributed by atoms with Crippen LogP contribution >= 0.6 is 0 Å². The van der Waals surface area contributed by atoms with E-state index in [9.17, 15) is 4.79 Å². The lowest BCUT2D eigenvalue weighted by Crippen LogP contribution is -2.41. The Bertz CT molecular complexity index is 545. The molecule has 0 N–H and O–H groups in total. The van der Waals surface area contributed by atoms with Crippen molar-refractivity contribution in [3.8, 4) is 5.75 Å². The lowest BCUT2D eigenvalue weighted by molar-refractivity contribution is 0.0485. The summed E-state index contributed by atoms with van der Waals surface area (Å²) < 4.78 is 7.25. The van der Waals surface area contributed by atoms with Gasteiger partial charge in [-0.1, -0.05) is 18.2 Å². The van der Waals surface area contributed by atoms with Crippen molar-refractivity contribution in [1.82, 2.24) is 9.55 Å². The third-order valence-corrected chi connectivity index (χ3v) is 2.71. The molecule has 2 rings (SSSR count). The van der Waals surface area contributed by atoms with Gasteiger partial charge in [0.1, 0.15) is 12.1 Å². The monoisotopic (exact) mass is 244 g/mol. The van der Waals surface area contributed by atoms with Gasteiger partial charge in [-0.15, -0.1) is 0 Å². The molecule has 0 aliphatic rings. The Morgan fingerprint density at radius 2 is 2.06 bits per heavy atom. The number of carbonyl (C=O) groups is 1. The molecule has 18 heavy (non-hydrogen) atoms. The zero-order valence-electron chi connectivity index (χ0n) is 10.8. The van der Waals surface area contributed by atoms with Crippen molar-refractivity contribution in [2.24, 2.45) is 0 Å². The van der Waals surface area contributed by atoms with E-state index in [-0.39, 0.29) is 5.91 Å². The van der Waals surface area contributed by atoms with Crippen LogP contribution in [0.4, 0.5) is 0 Å². The normalized spacial score (nSPS) is 11.3. The van der Waals surface area contributed by atoms with Gasteiger partial charge in [0, 0.05) is 12.4 Å². The van der Waals surface area contributed by atoms with E-state index in [1.54, 1.807) is 26.2 Å². The van der Waals surface area contributed by atoms with Gasteiger partial charge in [0.25, 0.3) is 5.91 Å². The summed E-state index contributed by atoms with van der Waals surface area (Å²) in [6, 6.07) is 7.64. The van der Waals surface area contributed by atoms with E-state index in [0.29, 0.717) is 0 Å². The molecule has 0 unspecified atom stereocenters. The summed E-state index contributed by atoms with van der Waals surface area (Å²) in [6.07, 6.45) is 4.67. The number of benzene rings is 1. The molecule has 0 aliphatic heterocycles. The highest BCUT2D eigenvalue weighted by Crippen LogP contribution is 2.23. The number of aryl methyl sites for hydroxylation is 1. The molecule has 1 aromatic carbocycles. The highest BCUT2D eigenvalue weighted by atomic mass is 16.5. The highest BCUT2D eigenvalue weighted by Gasteiger charge is 2.31. The van der Waals surface area contributed by atoms with E-state index < -0.39 is 5.60 Å². The van der Waals surface area contributed by atoms with Crippen molar-refractivity contribution in [3.05, 3.63) is 48.5 Å². The molecule has 94 valence electrons. The zero-order chi connectivity index (χ0) is 13.2. The van der Waals surface area contributed by atoms with Crippen molar-refractivity contribution in [1.29, 1.82) is 0 Å². The molecule has 2 aromatic rings. The van der Waals surface area contributed by atoms with Crippen molar-refractivity contribution >= 4 is 5.91 Å². The second-order valence-corrected chi connectivity index (χ2v) is 4.65. The maximum Gasteiger partial charge on any atom is 0.275 e. The SMILES string of the molecule is Cc1ccccc1OC(C)(C)C(=O)n1ccnc1. The van der Waals surface area contributed by atoms with E-state index in [1.807, 2.05) is 31.2 Å². The molecule has 4 heteroatoms. The molecule has 1 heterocycles. The maximum absolute atomic E-state index is 12.2. The average Bonchev–Trinajstić information content (AvgIpc) is 2.84. The van der Waals surface area contributed by atoms with E-state index in [1.165, 1.54) is 10.9 Å². The Balaban J connectivity index is 2.22. The molecule has 0 bridgehead atoms. The van der Waals surface area contributed by atoms with E-state index >= 15 is 0 Å². The molecule has 4 nitrogen and oxygen atoms in total. The third-order valence-electron chi connectivity index (χ3n) is 2.71. The average molecular weight is 244 g/mol. The van der Waals surface area contributed by atoms with Crippen LogP contribution in [0.5, 0.6) is 5.75 Å². The predicted molar refractivity (Wildman–Crippen MR) is 68.7 cm³/mol. The molecule has 1 aromatic heterocycles. The molecule has 0 fully saturated rings. The number of rotatable bonds is 3. The van der Waals surface area contributed by atoms with Crippen LogP contribution in [0.3, 0.4) is 0 Å². The van der Waals surface area contributed by atoms with E-state index in [2.05, 4.69) is 4.98 Å². The summed E-state index contributed by atoms with van der Waals surface area (Å²) in [7, 11) is 0. The van der Waals surface area contributed by atoms with Gasteiger partial charge < -0.3 is 4.74 Å². The van der Waals surface area contributed by atoms with Crippen molar-refractivity contribution < 1.29 is 9.53 Å². The second-order valence-electron chi connectivity index (χ2n) is 4.65. The number of aromatic nitrogens is 2. The number of hydrogen-bond acceptors (Lipinski definition) is 3. The summed E-state index contributed by atoms with van der Waals surface area (Å²) in [5.41, 5.74) is 0.0660. The van der Waals surface area contributed by atoms with Crippen molar-refractivity contribution in [3.63, 3.8) is 0 Å². The summed E-state index contributed by atoms with van der Waals surface area (Å²) in [6.45, 7) is 5.46.